The molecule has 31 heavy (non-hydrogen) atoms. The lowest BCUT2D eigenvalue weighted by atomic mass is 10.1. The molecule has 1 saturated heterocycles. The molecule has 0 aromatic heterocycles. The van der Waals surface area contributed by atoms with E-state index in [1.807, 2.05) is 52.0 Å². The summed E-state index contributed by atoms with van der Waals surface area (Å²) in [5.74, 6) is -1.07. The van der Waals surface area contributed by atoms with Gasteiger partial charge in [0.15, 0.2) is 0 Å². The van der Waals surface area contributed by atoms with Gasteiger partial charge < -0.3 is 29.7 Å². The van der Waals surface area contributed by atoms with Gasteiger partial charge in [-0.25, -0.2) is 9.59 Å². The Hall–Kier alpha value is -2.81. The first-order chi connectivity index (χ1) is 14.5. The molecule has 0 radical (unpaired) electrons. The van der Waals surface area contributed by atoms with Crippen molar-refractivity contribution in [3.8, 4) is 0 Å². The van der Waals surface area contributed by atoms with Gasteiger partial charge in [-0.2, -0.15) is 0 Å². The van der Waals surface area contributed by atoms with Gasteiger partial charge in [0.1, 0.15) is 12.2 Å². The predicted molar refractivity (Wildman–Crippen MR) is 116 cm³/mol. The number of carbonyl (C=O) groups is 3. The number of nitrogens with one attached hydrogen (secondary N) is 1. The summed E-state index contributed by atoms with van der Waals surface area (Å²) in [7, 11) is 0. The fourth-order valence-electron chi connectivity index (χ4n) is 3.23. The van der Waals surface area contributed by atoms with Crippen molar-refractivity contribution in [2.75, 3.05) is 44.3 Å². The number of benzene rings is 1. The van der Waals surface area contributed by atoms with E-state index in [1.165, 1.54) is 0 Å². The fourth-order valence-corrected chi connectivity index (χ4v) is 3.23. The highest BCUT2D eigenvalue weighted by Crippen LogP contribution is 2.21. The molecular weight excluding hydrogens is 402 g/mol. The van der Waals surface area contributed by atoms with Gasteiger partial charge >= 0.3 is 12.1 Å². The first-order valence-corrected chi connectivity index (χ1v) is 10.5. The minimum absolute atomic E-state index is 0.0255. The van der Waals surface area contributed by atoms with Gasteiger partial charge in [0.05, 0.1) is 19.1 Å². The Morgan fingerprint density at radius 2 is 1.71 bits per heavy atom. The Kier molecular flexibility index (Phi) is 8.67. The molecule has 0 bridgehead atoms. The van der Waals surface area contributed by atoms with Crippen LogP contribution in [0.5, 0.6) is 0 Å². The normalized spacial score (nSPS) is 15.4. The van der Waals surface area contributed by atoms with Crippen molar-refractivity contribution < 1.29 is 29.0 Å². The maximum atomic E-state index is 12.2. The fraction of sp³-hybridized carbons (Fsp3) is 0.591. The number of rotatable bonds is 8. The van der Waals surface area contributed by atoms with Gasteiger partial charge in [-0.1, -0.05) is 12.1 Å². The summed E-state index contributed by atoms with van der Waals surface area (Å²) in [6.07, 6.45) is -0.261. The number of carboxylic acids is 1. The second-order valence-corrected chi connectivity index (χ2v) is 8.52. The minimum Gasteiger partial charge on any atom is -0.480 e. The van der Waals surface area contributed by atoms with E-state index in [1.54, 1.807) is 4.90 Å². The second-order valence-electron chi connectivity index (χ2n) is 8.52. The summed E-state index contributed by atoms with van der Waals surface area (Å²) in [5, 5.41) is 11.4. The summed E-state index contributed by atoms with van der Waals surface area (Å²) in [5.41, 5.74) is 1.50. The Bertz CT molecular complexity index is 752. The first-order valence-electron chi connectivity index (χ1n) is 10.5. The summed E-state index contributed by atoms with van der Waals surface area (Å²) in [6, 6.07) is 7.81. The summed E-state index contributed by atoms with van der Waals surface area (Å²) in [4.78, 5) is 38.6. The molecule has 2 N–H and O–H groups in total. The van der Waals surface area contributed by atoms with Crippen LogP contribution >= 0.6 is 0 Å². The molecule has 0 spiro atoms. The number of anilines is 1. The van der Waals surface area contributed by atoms with Crippen LogP contribution in [0.15, 0.2) is 24.3 Å². The van der Waals surface area contributed by atoms with E-state index in [4.69, 9.17) is 14.6 Å². The first kappa shape index (κ1) is 24.5. The number of carboxylic acid groups (broad SMARTS) is 1. The average Bonchev–Trinajstić information content (AvgIpc) is 2.69. The smallest absolute Gasteiger partial charge is 0.408 e. The zero-order chi connectivity index (χ0) is 23.0. The van der Waals surface area contributed by atoms with Crippen LogP contribution in [0.25, 0.3) is 0 Å². The summed E-state index contributed by atoms with van der Waals surface area (Å²) in [6.45, 7) is 9.76. The molecule has 1 fully saturated rings. The van der Waals surface area contributed by atoms with Gasteiger partial charge in [0.25, 0.3) is 0 Å². The van der Waals surface area contributed by atoms with Crippen LogP contribution in [-0.2, 0) is 19.1 Å². The topological polar surface area (TPSA) is 108 Å². The van der Waals surface area contributed by atoms with Gasteiger partial charge in [-0.15, -0.1) is 0 Å². The molecular formula is C22H33N3O6. The number of ether oxygens (including phenoxy) is 2. The second kappa shape index (κ2) is 11.0. The third-order valence-corrected chi connectivity index (χ3v) is 4.81. The van der Waals surface area contributed by atoms with E-state index in [9.17, 15) is 14.4 Å². The van der Waals surface area contributed by atoms with Crippen molar-refractivity contribution in [1.29, 1.82) is 0 Å². The number of carbonyl (C=O) groups excluding carboxylic acids is 2. The number of hydrogen-bond donors (Lipinski definition) is 2. The lowest BCUT2D eigenvalue weighted by Crippen LogP contribution is -2.49. The minimum atomic E-state index is -1.04. The Labute approximate surface area is 183 Å². The quantitative estimate of drug-likeness (QED) is 0.604. The van der Waals surface area contributed by atoms with E-state index < -0.39 is 17.7 Å². The highest BCUT2D eigenvalue weighted by atomic mass is 16.6. The van der Waals surface area contributed by atoms with Crippen molar-refractivity contribution >= 4 is 23.7 Å². The van der Waals surface area contributed by atoms with Crippen LogP contribution in [0.3, 0.4) is 0 Å². The lowest BCUT2D eigenvalue weighted by Gasteiger charge is -2.36. The van der Waals surface area contributed by atoms with Crippen molar-refractivity contribution in [3.05, 3.63) is 29.8 Å². The van der Waals surface area contributed by atoms with Crippen molar-refractivity contribution in [2.45, 2.75) is 45.8 Å². The molecule has 1 aromatic carbocycles. The maximum absolute atomic E-state index is 12.2. The Morgan fingerprint density at radius 3 is 2.26 bits per heavy atom. The zero-order valence-electron chi connectivity index (χ0n) is 18.7. The summed E-state index contributed by atoms with van der Waals surface area (Å²) < 4.78 is 10.2. The highest BCUT2D eigenvalue weighted by molar-refractivity contribution is 5.76. The Balaban J connectivity index is 1.79. The standard InChI is InChI=1S/C22H33N3O6/c1-16(23-21(29)31-22(2,3)4)17-5-7-18(8-6-17)24-10-12-25(13-11-24)19(26)9-14-30-15-20(27)28/h5-8,16H,9-15H2,1-4H3,(H,23,29)(H,27,28). The van der Waals surface area contributed by atoms with E-state index in [0.29, 0.717) is 26.2 Å². The molecule has 1 aliphatic heterocycles. The number of aliphatic carboxylic acids is 1. The SMILES string of the molecule is CC(NC(=O)OC(C)(C)C)c1ccc(N2CCN(C(=O)CCOCC(=O)O)CC2)cc1. The van der Waals surface area contributed by atoms with E-state index in [2.05, 4.69) is 10.2 Å². The number of amides is 2. The third kappa shape index (κ3) is 8.45. The molecule has 0 saturated carbocycles. The molecule has 172 valence electrons. The predicted octanol–water partition coefficient (Wildman–Crippen LogP) is 2.41. The monoisotopic (exact) mass is 435 g/mol. The highest BCUT2D eigenvalue weighted by Gasteiger charge is 2.22. The van der Waals surface area contributed by atoms with Gasteiger partial charge in [-0.05, 0) is 45.4 Å². The van der Waals surface area contributed by atoms with Crippen LogP contribution < -0.4 is 10.2 Å². The number of piperazine rings is 1. The third-order valence-electron chi connectivity index (χ3n) is 4.81. The number of alkyl carbamates (subject to hydrolysis) is 1. The molecule has 1 heterocycles. The van der Waals surface area contributed by atoms with E-state index >= 15 is 0 Å². The Morgan fingerprint density at radius 1 is 1.10 bits per heavy atom. The molecule has 1 aliphatic rings. The molecule has 9 heteroatoms. The molecule has 2 rings (SSSR count). The average molecular weight is 436 g/mol. The largest absolute Gasteiger partial charge is 0.480 e. The molecule has 0 aliphatic carbocycles. The van der Waals surface area contributed by atoms with Crippen LogP contribution in [-0.4, -0.2) is 73.0 Å². The molecule has 2 amide bonds. The van der Waals surface area contributed by atoms with Crippen LogP contribution in [0, 0.1) is 0 Å². The molecule has 9 nitrogen and oxygen atoms in total. The number of hydrogen-bond acceptors (Lipinski definition) is 6. The van der Waals surface area contributed by atoms with E-state index in [-0.39, 0.29) is 31.6 Å². The molecule has 1 unspecified atom stereocenters. The van der Waals surface area contributed by atoms with Crippen LogP contribution in [0.4, 0.5) is 10.5 Å². The van der Waals surface area contributed by atoms with Gasteiger partial charge in [0.2, 0.25) is 5.91 Å². The number of nitrogens with zero attached hydrogens (tertiary/aromatic N) is 2. The van der Waals surface area contributed by atoms with Crippen molar-refractivity contribution in [2.24, 2.45) is 0 Å². The molecule has 1 atom stereocenters. The molecule has 1 aromatic rings. The van der Waals surface area contributed by atoms with Gasteiger partial charge in [-0.3, -0.25) is 4.79 Å². The van der Waals surface area contributed by atoms with Crippen molar-refractivity contribution in [1.82, 2.24) is 10.2 Å². The lowest BCUT2D eigenvalue weighted by molar-refractivity contribution is -0.143. The summed E-state index contributed by atoms with van der Waals surface area (Å²) >= 11 is 0. The van der Waals surface area contributed by atoms with Gasteiger partial charge in [0, 0.05) is 31.9 Å². The van der Waals surface area contributed by atoms with Crippen molar-refractivity contribution in [3.63, 3.8) is 0 Å². The van der Waals surface area contributed by atoms with E-state index in [0.717, 1.165) is 11.3 Å². The maximum Gasteiger partial charge on any atom is 0.408 e. The zero-order valence-corrected chi connectivity index (χ0v) is 18.7. The van der Waals surface area contributed by atoms with Crippen LogP contribution in [0.1, 0.15) is 45.7 Å². The van der Waals surface area contributed by atoms with Crippen LogP contribution in [0.2, 0.25) is 0 Å².